The number of nitrogens with zero attached hydrogens (tertiary/aromatic N) is 2. The molecule has 1 amide bonds. The van der Waals surface area contributed by atoms with Gasteiger partial charge in [-0.05, 0) is 24.3 Å². The van der Waals surface area contributed by atoms with E-state index in [1.165, 1.54) is 22.5 Å². The summed E-state index contributed by atoms with van der Waals surface area (Å²) in [7, 11) is -3.86. The van der Waals surface area contributed by atoms with Crippen molar-refractivity contribution in [2.45, 2.75) is 11.3 Å². The second-order valence-electron chi connectivity index (χ2n) is 6.45. The Balaban J connectivity index is 1.50. The number of hydrogen-bond donors (Lipinski definition) is 1. The quantitative estimate of drug-likeness (QED) is 0.772. The van der Waals surface area contributed by atoms with E-state index < -0.39 is 15.8 Å². The molecule has 3 rings (SSSR count). The van der Waals surface area contributed by atoms with Crippen LogP contribution >= 0.6 is 11.6 Å². The predicted molar refractivity (Wildman–Crippen MR) is 106 cm³/mol. The van der Waals surface area contributed by atoms with E-state index in [9.17, 15) is 17.6 Å². The molecule has 2 aromatic carbocycles. The Kier molecular flexibility index (Phi) is 6.66. The summed E-state index contributed by atoms with van der Waals surface area (Å²) in [6.07, 6.45) is 0.269. The molecule has 9 heteroatoms. The van der Waals surface area contributed by atoms with E-state index in [1.54, 1.807) is 24.3 Å². The zero-order valence-corrected chi connectivity index (χ0v) is 16.7. The molecule has 1 heterocycles. The minimum Gasteiger partial charge on any atom is -0.325 e. The lowest BCUT2D eigenvalue weighted by Crippen LogP contribution is -2.49. The first-order valence-corrected chi connectivity index (χ1v) is 10.7. The maximum atomic E-state index is 13.9. The number of para-hydroxylation sites is 1. The summed E-state index contributed by atoms with van der Waals surface area (Å²) >= 11 is 6.02. The number of carbonyl (C=O) groups is 1. The fourth-order valence-electron chi connectivity index (χ4n) is 3.02. The number of carbonyl (C=O) groups excluding carboxylic acids is 1. The van der Waals surface area contributed by atoms with Gasteiger partial charge in [0.15, 0.2) is 0 Å². The summed E-state index contributed by atoms with van der Waals surface area (Å²) in [5, 5.41) is 3.24. The highest BCUT2D eigenvalue weighted by atomic mass is 35.5. The van der Waals surface area contributed by atoms with Gasteiger partial charge in [-0.1, -0.05) is 35.9 Å². The van der Waals surface area contributed by atoms with E-state index in [4.69, 9.17) is 11.6 Å². The van der Waals surface area contributed by atoms with E-state index in [1.807, 2.05) is 4.90 Å². The number of anilines is 1. The lowest BCUT2D eigenvalue weighted by atomic mass is 10.3. The summed E-state index contributed by atoms with van der Waals surface area (Å²) in [6, 6.07) is 12.4. The second kappa shape index (κ2) is 9.00. The molecule has 1 N–H and O–H groups in total. The van der Waals surface area contributed by atoms with E-state index in [0.717, 1.165) is 6.07 Å². The van der Waals surface area contributed by atoms with Crippen molar-refractivity contribution >= 4 is 33.2 Å². The van der Waals surface area contributed by atoms with Gasteiger partial charge in [0.2, 0.25) is 15.9 Å². The van der Waals surface area contributed by atoms with Gasteiger partial charge in [-0.15, -0.1) is 0 Å². The van der Waals surface area contributed by atoms with Crippen molar-refractivity contribution in [2.75, 3.05) is 38.0 Å². The molecule has 0 spiro atoms. The molecule has 0 aliphatic carbocycles. The summed E-state index contributed by atoms with van der Waals surface area (Å²) in [5.41, 5.74) is 0.565. The van der Waals surface area contributed by atoms with Gasteiger partial charge >= 0.3 is 0 Å². The number of amides is 1. The van der Waals surface area contributed by atoms with E-state index in [0.29, 0.717) is 30.3 Å². The third kappa shape index (κ3) is 4.88. The number of benzene rings is 2. The molecule has 0 bridgehead atoms. The molecule has 1 aliphatic heterocycles. The number of halogens is 2. The zero-order chi connectivity index (χ0) is 20.1. The van der Waals surface area contributed by atoms with Crippen molar-refractivity contribution in [3.63, 3.8) is 0 Å². The van der Waals surface area contributed by atoms with Gasteiger partial charge in [-0.2, -0.15) is 4.31 Å². The maximum Gasteiger partial charge on any atom is 0.246 e. The first kappa shape index (κ1) is 20.7. The zero-order valence-electron chi connectivity index (χ0n) is 15.1. The monoisotopic (exact) mass is 425 g/mol. The predicted octanol–water partition coefficient (Wildman–Crippen LogP) is 2.81. The minimum absolute atomic E-state index is 0.158. The molecular formula is C19H21ClFN3O3S. The number of piperazine rings is 1. The van der Waals surface area contributed by atoms with Crippen LogP contribution in [0, 0.1) is 5.82 Å². The first-order valence-electron chi connectivity index (χ1n) is 8.89. The van der Waals surface area contributed by atoms with Crippen molar-refractivity contribution in [3.8, 4) is 0 Å². The third-order valence-electron chi connectivity index (χ3n) is 4.59. The number of sulfonamides is 1. The van der Waals surface area contributed by atoms with Gasteiger partial charge in [0.1, 0.15) is 10.7 Å². The van der Waals surface area contributed by atoms with Crippen LogP contribution < -0.4 is 5.32 Å². The SMILES string of the molecule is O=C(CCN1CCN(S(=O)(=O)c2ccccc2F)CC1)Nc1ccccc1Cl. The van der Waals surface area contributed by atoms with Gasteiger partial charge < -0.3 is 10.2 Å². The van der Waals surface area contributed by atoms with Crippen LogP contribution in [0.1, 0.15) is 6.42 Å². The molecule has 1 aliphatic rings. The minimum atomic E-state index is -3.86. The standard InChI is InChI=1S/C19H21ClFN3O3S/c20-15-5-1-3-7-17(15)22-19(25)9-10-23-11-13-24(14-12-23)28(26,27)18-8-4-2-6-16(18)21/h1-8H,9-14H2,(H,22,25). The number of nitrogens with one attached hydrogen (secondary N) is 1. The highest BCUT2D eigenvalue weighted by Crippen LogP contribution is 2.22. The lowest BCUT2D eigenvalue weighted by molar-refractivity contribution is -0.116. The van der Waals surface area contributed by atoms with Crippen LogP contribution in [0.15, 0.2) is 53.4 Å². The van der Waals surface area contributed by atoms with Crippen LogP contribution in [-0.2, 0) is 14.8 Å². The van der Waals surface area contributed by atoms with Crippen LogP contribution in [0.4, 0.5) is 10.1 Å². The average molecular weight is 426 g/mol. The Morgan fingerprint density at radius 1 is 1.04 bits per heavy atom. The van der Waals surface area contributed by atoms with Crippen molar-refractivity contribution in [2.24, 2.45) is 0 Å². The molecule has 6 nitrogen and oxygen atoms in total. The maximum absolute atomic E-state index is 13.9. The second-order valence-corrected chi connectivity index (χ2v) is 8.77. The molecule has 0 aromatic heterocycles. The first-order chi connectivity index (χ1) is 13.4. The molecule has 1 saturated heterocycles. The summed E-state index contributed by atoms with van der Waals surface area (Å²) in [5.74, 6) is -0.907. The molecule has 28 heavy (non-hydrogen) atoms. The van der Waals surface area contributed by atoms with Gasteiger partial charge in [0.05, 0.1) is 10.7 Å². The van der Waals surface area contributed by atoms with Gasteiger partial charge in [-0.25, -0.2) is 12.8 Å². The Bertz CT molecular complexity index is 947. The Morgan fingerprint density at radius 3 is 2.36 bits per heavy atom. The van der Waals surface area contributed by atoms with Crippen LogP contribution in [0.3, 0.4) is 0 Å². The molecule has 0 atom stereocenters. The van der Waals surface area contributed by atoms with Gasteiger partial charge in [-0.3, -0.25) is 4.79 Å². The van der Waals surface area contributed by atoms with Crippen LogP contribution in [0.25, 0.3) is 0 Å². The molecule has 0 radical (unpaired) electrons. The van der Waals surface area contributed by atoms with Crippen molar-refractivity contribution in [3.05, 3.63) is 59.4 Å². The molecule has 1 fully saturated rings. The Hall–Kier alpha value is -2.00. The fraction of sp³-hybridized carbons (Fsp3) is 0.316. The van der Waals surface area contributed by atoms with Gasteiger partial charge in [0.25, 0.3) is 0 Å². The topological polar surface area (TPSA) is 69.7 Å². The normalized spacial score (nSPS) is 16.1. The lowest BCUT2D eigenvalue weighted by Gasteiger charge is -2.33. The number of hydrogen-bond acceptors (Lipinski definition) is 4. The Labute approximate surface area is 168 Å². The van der Waals surface area contributed by atoms with Gasteiger partial charge in [0, 0.05) is 39.1 Å². The molecule has 0 unspecified atom stereocenters. The molecule has 0 saturated carbocycles. The molecular weight excluding hydrogens is 405 g/mol. The smallest absolute Gasteiger partial charge is 0.246 e. The van der Waals surface area contributed by atoms with Crippen LogP contribution in [0.2, 0.25) is 5.02 Å². The summed E-state index contributed by atoms with van der Waals surface area (Å²) < 4.78 is 40.4. The van der Waals surface area contributed by atoms with Crippen molar-refractivity contribution in [1.82, 2.24) is 9.21 Å². The van der Waals surface area contributed by atoms with E-state index in [-0.39, 0.29) is 30.3 Å². The summed E-state index contributed by atoms with van der Waals surface area (Å²) in [4.78, 5) is 13.8. The molecule has 2 aromatic rings. The van der Waals surface area contributed by atoms with Crippen molar-refractivity contribution in [1.29, 1.82) is 0 Å². The van der Waals surface area contributed by atoms with Crippen molar-refractivity contribution < 1.29 is 17.6 Å². The summed E-state index contributed by atoms with van der Waals surface area (Å²) in [6.45, 7) is 1.97. The Morgan fingerprint density at radius 2 is 1.68 bits per heavy atom. The largest absolute Gasteiger partial charge is 0.325 e. The highest BCUT2D eigenvalue weighted by molar-refractivity contribution is 7.89. The van der Waals surface area contributed by atoms with E-state index >= 15 is 0 Å². The van der Waals surface area contributed by atoms with Crippen LogP contribution in [-0.4, -0.2) is 56.3 Å². The molecule has 150 valence electrons. The number of rotatable bonds is 6. The average Bonchev–Trinajstić information content (AvgIpc) is 2.69. The fourth-order valence-corrected chi connectivity index (χ4v) is 4.69. The highest BCUT2D eigenvalue weighted by Gasteiger charge is 2.30. The third-order valence-corrected chi connectivity index (χ3v) is 6.85. The van der Waals surface area contributed by atoms with E-state index in [2.05, 4.69) is 5.32 Å². The van der Waals surface area contributed by atoms with Crippen LogP contribution in [0.5, 0.6) is 0 Å².